The van der Waals surface area contributed by atoms with Gasteiger partial charge < -0.3 is 0 Å². The molecule has 2 saturated heterocycles. The molecule has 0 aromatic heterocycles. The van der Waals surface area contributed by atoms with Crippen LogP contribution < -0.4 is 0 Å². The molecule has 90 valence electrons. The third-order valence-electron chi connectivity index (χ3n) is 4.45. The van der Waals surface area contributed by atoms with Gasteiger partial charge in [-0.25, -0.2) is 0 Å². The smallest absolute Gasteiger partial charge is 0.0738 e. The molecule has 0 spiro atoms. The van der Waals surface area contributed by atoms with Crippen LogP contribution in [-0.4, -0.2) is 5.66 Å². The van der Waals surface area contributed by atoms with Gasteiger partial charge >= 0.3 is 7.80 Å². The topological polar surface area (TPSA) is 17.1 Å². The quantitative estimate of drug-likeness (QED) is 0.644. The maximum Gasteiger partial charge on any atom is 0.350 e. The molecule has 2 fully saturated rings. The summed E-state index contributed by atoms with van der Waals surface area (Å²) in [6.45, 7) is 0. The lowest BCUT2D eigenvalue weighted by Crippen LogP contribution is -2.08. The average Bonchev–Trinajstić information content (AvgIpc) is 2.57. The van der Waals surface area contributed by atoms with Gasteiger partial charge in [-0.1, -0.05) is 34.9 Å². The molecule has 2 aliphatic rings. The van der Waals surface area contributed by atoms with E-state index in [4.69, 9.17) is 0 Å². The number of benzene rings is 1. The van der Waals surface area contributed by atoms with Crippen molar-refractivity contribution in [2.75, 3.05) is 0 Å². The van der Waals surface area contributed by atoms with Crippen molar-refractivity contribution < 1.29 is 4.57 Å². The molecule has 0 amide bonds. The van der Waals surface area contributed by atoms with Crippen molar-refractivity contribution in [1.29, 1.82) is 0 Å². The molecule has 2 heterocycles. The predicted octanol–water partition coefficient (Wildman–Crippen LogP) is 4.91. The molecule has 3 rings (SSSR count). The normalized spacial score (nSPS) is 35.3. The van der Waals surface area contributed by atoms with E-state index in [0.29, 0.717) is 17.2 Å². The van der Waals surface area contributed by atoms with Gasteiger partial charge in [0.2, 0.25) is 0 Å². The summed E-state index contributed by atoms with van der Waals surface area (Å²) in [4.78, 5) is 0. The van der Waals surface area contributed by atoms with E-state index in [1.807, 2.05) is 0 Å². The summed E-state index contributed by atoms with van der Waals surface area (Å²) in [5.41, 5.74) is 2.18. The monoisotopic (exact) mass is 247 g/mol. The Balaban J connectivity index is 1.99. The molecule has 0 N–H and O–H groups in total. The van der Waals surface area contributed by atoms with E-state index in [2.05, 4.69) is 30.3 Å². The Hall–Kier alpha value is -0.680. The second-order valence-electron chi connectivity index (χ2n) is 5.49. The summed E-state index contributed by atoms with van der Waals surface area (Å²) in [7, 11) is -1.05. The first kappa shape index (κ1) is 11.4. The Morgan fingerprint density at radius 2 is 1.59 bits per heavy atom. The molecule has 2 aliphatic heterocycles. The SMILES string of the molecule is O=[P+]1C2CCCC(CCC2)C1c1ccccc1. The van der Waals surface area contributed by atoms with Gasteiger partial charge in [-0.3, -0.25) is 0 Å². The van der Waals surface area contributed by atoms with Crippen LogP contribution in [0, 0.1) is 5.92 Å². The van der Waals surface area contributed by atoms with E-state index in [-0.39, 0.29) is 0 Å². The van der Waals surface area contributed by atoms with Gasteiger partial charge in [0.15, 0.2) is 11.3 Å². The van der Waals surface area contributed by atoms with Crippen molar-refractivity contribution in [2.45, 2.75) is 49.8 Å². The molecule has 1 aromatic rings. The van der Waals surface area contributed by atoms with Crippen molar-refractivity contribution in [3.8, 4) is 0 Å². The summed E-state index contributed by atoms with van der Waals surface area (Å²) in [6, 6.07) is 10.6. The minimum Gasteiger partial charge on any atom is -0.0738 e. The maximum atomic E-state index is 12.8. The minimum absolute atomic E-state index is 0.348. The molecule has 1 nitrogen and oxygen atoms in total. The van der Waals surface area contributed by atoms with E-state index in [1.165, 1.54) is 44.1 Å². The first-order valence-corrected chi connectivity index (χ1v) is 8.26. The van der Waals surface area contributed by atoms with Crippen LogP contribution in [0.5, 0.6) is 0 Å². The Kier molecular flexibility index (Phi) is 3.29. The molecular formula is C15H20OP+. The molecular weight excluding hydrogens is 227 g/mol. The van der Waals surface area contributed by atoms with Gasteiger partial charge in [0.1, 0.15) is 0 Å². The maximum absolute atomic E-state index is 12.8. The van der Waals surface area contributed by atoms with Crippen LogP contribution in [0.3, 0.4) is 0 Å². The van der Waals surface area contributed by atoms with Crippen molar-refractivity contribution in [3.05, 3.63) is 35.9 Å². The summed E-state index contributed by atoms with van der Waals surface area (Å²) < 4.78 is 12.8. The molecule has 2 heteroatoms. The number of hydrogen-bond donors (Lipinski definition) is 0. The van der Waals surface area contributed by atoms with Crippen molar-refractivity contribution >= 4 is 7.80 Å². The summed E-state index contributed by atoms with van der Waals surface area (Å²) in [5, 5.41) is 0. The van der Waals surface area contributed by atoms with Crippen molar-refractivity contribution in [2.24, 2.45) is 5.92 Å². The lowest BCUT2D eigenvalue weighted by Gasteiger charge is -2.16. The van der Waals surface area contributed by atoms with E-state index in [9.17, 15) is 4.57 Å². The van der Waals surface area contributed by atoms with E-state index in [0.717, 1.165) is 0 Å². The standard InChI is InChI=1S/C15H20OP/c16-17-14-10-4-8-13(9-5-11-14)15(17)12-6-2-1-3-7-12/h1-3,6-7,13-15H,4-5,8-11H2/q+1. The fourth-order valence-corrected chi connectivity index (χ4v) is 6.10. The van der Waals surface area contributed by atoms with Crippen LogP contribution in [0.2, 0.25) is 0 Å². The highest BCUT2D eigenvalue weighted by Gasteiger charge is 2.48. The molecule has 0 radical (unpaired) electrons. The Bertz CT molecular complexity index is 391. The largest absolute Gasteiger partial charge is 0.350 e. The summed E-state index contributed by atoms with van der Waals surface area (Å²) in [5.74, 6) is 0.675. The third kappa shape index (κ3) is 2.18. The van der Waals surface area contributed by atoms with Gasteiger partial charge in [-0.2, -0.15) is 0 Å². The zero-order valence-corrected chi connectivity index (χ0v) is 11.1. The summed E-state index contributed by atoms with van der Waals surface area (Å²) >= 11 is 0. The van der Waals surface area contributed by atoms with Gasteiger partial charge in [0, 0.05) is 11.5 Å². The van der Waals surface area contributed by atoms with E-state index in [1.54, 1.807) is 0 Å². The minimum atomic E-state index is -1.05. The van der Waals surface area contributed by atoms with E-state index >= 15 is 0 Å². The van der Waals surface area contributed by atoms with Crippen LogP contribution >= 0.6 is 7.80 Å². The van der Waals surface area contributed by atoms with Gasteiger partial charge in [-0.15, -0.1) is 0 Å². The Labute approximate surface area is 104 Å². The highest BCUT2D eigenvalue weighted by Crippen LogP contribution is 2.58. The van der Waals surface area contributed by atoms with Crippen LogP contribution in [0.4, 0.5) is 0 Å². The number of fused-ring (bicyclic) bond motifs is 3. The zero-order valence-electron chi connectivity index (χ0n) is 10.2. The highest BCUT2D eigenvalue weighted by molar-refractivity contribution is 7.46. The summed E-state index contributed by atoms with van der Waals surface area (Å²) in [6.07, 6.45) is 7.57. The average molecular weight is 247 g/mol. The van der Waals surface area contributed by atoms with Crippen molar-refractivity contribution in [3.63, 3.8) is 0 Å². The Morgan fingerprint density at radius 3 is 2.24 bits per heavy atom. The molecule has 2 bridgehead atoms. The lowest BCUT2D eigenvalue weighted by molar-refractivity contribution is 0.393. The lowest BCUT2D eigenvalue weighted by atomic mass is 9.87. The molecule has 1 aromatic carbocycles. The molecule has 17 heavy (non-hydrogen) atoms. The fourth-order valence-electron chi connectivity index (χ4n) is 3.59. The number of hydrogen-bond acceptors (Lipinski definition) is 1. The Morgan fingerprint density at radius 1 is 0.941 bits per heavy atom. The van der Waals surface area contributed by atoms with E-state index < -0.39 is 7.80 Å². The number of rotatable bonds is 1. The van der Waals surface area contributed by atoms with Crippen LogP contribution in [0.25, 0.3) is 0 Å². The molecule has 0 saturated carbocycles. The van der Waals surface area contributed by atoms with Crippen molar-refractivity contribution in [1.82, 2.24) is 0 Å². The van der Waals surface area contributed by atoms with Gasteiger partial charge in [0.05, 0.1) is 0 Å². The second kappa shape index (κ2) is 4.90. The second-order valence-corrected chi connectivity index (χ2v) is 7.50. The fraction of sp³-hybridized carbons (Fsp3) is 0.600. The zero-order chi connectivity index (χ0) is 11.7. The molecule has 2 atom stereocenters. The van der Waals surface area contributed by atoms with Gasteiger partial charge in [0.25, 0.3) is 0 Å². The molecule has 0 aliphatic carbocycles. The predicted molar refractivity (Wildman–Crippen MR) is 71.8 cm³/mol. The third-order valence-corrected chi connectivity index (χ3v) is 6.95. The van der Waals surface area contributed by atoms with Crippen LogP contribution in [0.1, 0.15) is 49.7 Å². The first-order chi connectivity index (χ1) is 8.36. The van der Waals surface area contributed by atoms with Gasteiger partial charge in [-0.05, 0) is 38.5 Å². The van der Waals surface area contributed by atoms with Crippen LogP contribution in [-0.2, 0) is 4.57 Å². The van der Waals surface area contributed by atoms with Crippen LogP contribution in [0.15, 0.2) is 30.3 Å². The first-order valence-electron chi connectivity index (χ1n) is 6.86. The molecule has 2 unspecified atom stereocenters. The highest BCUT2D eigenvalue weighted by atomic mass is 31.1.